The summed E-state index contributed by atoms with van der Waals surface area (Å²) in [6.45, 7) is 2.09. The van der Waals surface area contributed by atoms with Gasteiger partial charge in [0.2, 0.25) is 0 Å². The Morgan fingerprint density at radius 2 is 2.35 bits per heavy atom. The van der Waals surface area contributed by atoms with Crippen LogP contribution < -0.4 is 0 Å². The lowest BCUT2D eigenvalue weighted by atomic mass is 10.2. The number of thiophene rings is 1. The van der Waals surface area contributed by atoms with Gasteiger partial charge in [-0.05, 0) is 31.9 Å². The molecule has 0 saturated carbocycles. The van der Waals surface area contributed by atoms with Crippen molar-refractivity contribution in [1.82, 2.24) is 4.98 Å². The molecule has 6 heteroatoms. The van der Waals surface area contributed by atoms with E-state index in [1.807, 2.05) is 17.5 Å². The summed E-state index contributed by atoms with van der Waals surface area (Å²) in [5.41, 5.74) is 0.926. The van der Waals surface area contributed by atoms with Crippen LogP contribution in [0.2, 0.25) is 0 Å². The molecule has 0 spiro atoms. The van der Waals surface area contributed by atoms with E-state index < -0.39 is 5.97 Å². The van der Waals surface area contributed by atoms with Gasteiger partial charge in [0, 0.05) is 10.3 Å². The fraction of sp³-hybridized carbons (Fsp3) is 0.429. The number of hydrogen-bond donors (Lipinski definition) is 1. The minimum atomic E-state index is -0.800. The highest BCUT2D eigenvalue weighted by Gasteiger charge is 2.26. The van der Waals surface area contributed by atoms with E-state index in [0.29, 0.717) is 6.10 Å². The third-order valence-corrected chi connectivity index (χ3v) is 5.31. The molecule has 1 fully saturated rings. The van der Waals surface area contributed by atoms with E-state index in [-0.39, 0.29) is 12.5 Å². The van der Waals surface area contributed by atoms with Crippen molar-refractivity contribution >= 4 is 28.6 Å². The summed E-state index contributed by atoms with van der Waals surface area (Å²) in [5.74, 6) is -0.800. The molecule has 0 radical (unpaired) electrons. The summed E-state index contributed by atoms with van der Waals surface area (Å²) in [4.78, 5) is 17.2. The molecule has 2 atom stereocenters. The van der Waals surface area contributed by atoms with E-state index in [2.05, 4.69) is 11.9 Å². The van der Waals surface area contributed by atoms with Gasteiger partial charge in [0.15, 0.2) is 0 Å². The van der Waals surface area contributed by atoms with Crippen molar-refractivity contribution in [1.29, 1.82) is 0 Å². The summed E-state index contributed by atoms with van der Waals surface area (Å²) < 4.78 is 5.83. The standard InChI is InChI=1S/C14H15NO3S2/c1-8-2-4-11(18-8)14-15-10(7-19-14)12-5-3-9(20-12)6-13(16)17/h3,5,7-8,11H,2,4,6H2,1H3,(H,16,17). The second-order valence-electron chi connectivity index (χ2n) is 4.92. The van der Waals surface area contributed by atoms with Crippen LogP contribution in [0.3, 0.4) is 0 Å². The van der Waals surface area contributed by atoms with Crippen LogP contribution in [0.15, 0.2) is 17.5 Å². The number of nitrogens with zero attached hydrogens (tertiary/aromatic N) is 1. The molecule has 1 aliphatic rings. The highest BCUT2D eigenvalue weighted by atomic mass is 32.1. The largest absolute Gasteiger partial charge is 0.481 e. The fourth-order valence-corrected chi connectivity index (χ4v) is 4.21. The van der Waals surface area contributed by atoms with E-state index in [0.717, 1.165) is 33.3 Å². The Labute approximate surface area is 125 Å². The normalized spacial score (nSPS) is 22.2. The number of carboxylic acids is 1. The van der Waals surface area contributed by atoms with Gasteiger partial charge in [0.25, 0.3) is 0 Å². The van der Waals surface area contributed by atoms with E-state index >= 15 is 0 Å². The molecular weight excluding hydrogens is 294 g/mol. The van der Waals surface area contributed by atoms with Gasteiger partial charge < -0.3 is 9.84 Å². The predicted molar refractivity (Wildman–Crippen MR) is 79.3 cm³/mol. The van der Waals surface area contributed by atoms with Crippen LogP contribution in [0.25, 0.3) is 10.6 Å². The number of rotatable bonds is 4. The molecule has 0 bridgehead atoms. The molecule has 1 N–H and O–H groups in total. The average Bonchev–Trinajstić information content (AvgIpc) is 3.06. The summed E-state index contributed by atoms with van der Waals surface area (Å²) in [7, 11) is 0. The number of ether oxygens (including phenoxy) is 1. The first-order chi connectivity index (χ1) is 9.61. The van der Waals surface area contributed by atoms with Crippen molar-refractivity contribution in [2.45, 2.75) is 38.4 Å². The second-order valence-corrected chi connectivity index (χ2v) is 6.98. The van der Waals surface area contributed by atoms with Crippen LogP contribution in [0.1, 0.15) is 35.8 Å². The number of thiazole rings is 1. The van der Waals surface area contributed by atoms with Crippen molar-refractivity contribution in [3.05, 3.63) is 27.4 Å². The number of hydrogen-bond acceptors (Lipinski definition) is 5. The Bertz CT molecular complexity index is 619. The van der Waals surface area contributed by atoms with Gasteiger partial charge in [-0.1, -0.05) is 0 Å². The van der Waals surface area contributed by atoms with Gasteiger partial charge in [-0.3, -0.25) is 4.79 Å². The van der Waals surface area contributed by atoms with Crippen LogP contribution in [-0.2, 0) is 16.0 Å². The predicted octanol–water partition coefficient (Wildman–Crippen LogP) is 3.74. The lowest BCUT2D eigenvalue weighted by molar-refractivity contribution is -0.136. The van der Waals surface area contributed by atoms with Crippen molar-refractivity contribution in [2.24, 2.45) is 0 Å². The molecule has 2 aromatic rings. The molecule has 0 aliphatic carbocycles. The number of carboxylic acid groups (broad SMARTS) is 1. The minimum absolute atomic E-state index is 0.0743. The number of aliphatic carboxylic acids is 1. The number of carbonyl (C=O) groups is 1. The van der Waals surface area contributed by atoms with Gasteiger partial charge in [-0.15, -0.1) is 22.7 Å². The first-order valence-electron chi connectivity index (χ1n) is 6.53. The third kappa shape index (κ3) is 2.92. The lowest BCUT2D eigenvalue weighted by Crippen LogP contribution is -2.00. The van der Waals surface area contributed by atoms with Crippen LogP contribution in [0, 0.1) is 0 Å². The molecule has 1 saturated heterocycles. The van der Waals surface area contributed by atoms with E-state index in [1.54, 1.807) is 11.3 Å². The van der Waals surface area contributed by atoms with E-state index in [4.69, 9.17) is 9.84 Å². The van der Waals surface area contributed by atoms with Gasteiger partial charge >= 0.3 is 5.97 Å². The van der Waals surface area contributed by atoms with Crippen molar-refractivity contribution in [2.75, 3.05) is 0 Å². The van der Waals surface area contributed by atoms with Gasteiger partial charge in [0.1, 0.15) is 11.1 Å². The minimum Gasteiger partial charge on any atom is -0.481 e. The maximum atomic E-state index is 10.7. The zero-order valence-electron chi connectivity index (χ0n) is 11.0. The van der Waals surface area contributed by atoms with E-state index in [9.17, 15) is 4.79 Å². The van der Waals surface area contributed by atoms with Crippen molar-refractivity contribution in [3.8, 4) is 10.6 Å². The Morgan fingerprint density at radius 1 is 1.50 bits per heavy atom. The molecule has 20 heavy (non-hydrogen) atoms. The summed E-state index contributed by atoms with van der Waals surface area (Å²) in [6, 6.07) is 3.81. The van der Waals surface area contributed by atoms with Gasteiger partial charge in [-0.2, -0.15) is 0 Å². The van der Waals surface area contributed by atoms with Crippen molar-refractivity contribution < 1.29 is 14.6 Å². The van der Waals surface area contributed by atoms with E-state index in [1.165, 1.54) is 11.3 Å². The molecule has 1 aliphatic heterocycles. The topological polar surface area (TPSA) is 59.4 Å². The quantitative estimate of drug-likeness (QED) is 0.934. The van der Waals surface area contributed by atoms with Crippen LogP contribution in [-0.4, -0.2) is 22.2 Å². The molecule has 106 valence electrons. The monoisotopic (exact) mass is 309 g/mol. The first-order valence-corrected chi connectivity index (χ1v) is 8.23. The average molecular weight is 309 g/mol. The highest BCUT2D eigenvalue weighted by Crippen LogP contribution is 2.37. The molecule has 2 unspecified atom stereocenters. The maximum absolute atomic E-state index is 10.7. The second kappa shape index (κ2) is 5.63. The van der Waals surface area contributed by atoms with Crippen LogP contribution in [0.4, 0.5) is 0 Å². The Kier molecular flexibility index (Phi) is 3.87. The van der Waals surface area contributed by atoms with Crippen LogP contribution >= 0.6 is 22.7 Å². The summed E-state index contributed by atoms with van der Waals surface area (Å²) in [5, 5.41) is 11.8. The van der Waals surface area contributed by atoms with Gasteiger partial charge in [0.05, 0.1) is 23.1 Å². The van der Waals surface area contributed by atoms with Gasteiger partial charge in [-0.25, -0.2) is 4.98 Å². The molecular formula is C14H15NO3S2. The molecule has 0 aromatic carbocycles. The molecule has 4 nitrogen and oxygen atoms in total. The molecule has 2 aromatic heterocycles. The molecule has 3 heterocycles. The third-order valence-electron chi connectivity index (χ3n) is 3.27. The molecule has 3 rings (SSSR count). The number of aromatic nitrogens is 1. The Morgan fingerprint density at radius 3 is 3.05 bits per heavy atom. The maximum Gasteiger partial charge on any atom is 0.308 e. The SMILES string of the molecule is CC1CCC(c2nc(-c3ccc(CC(=O)O)s3)cs2)O1. The zero-order chi connectivity index (χ0) is 14.1. The summed E-state index contributed by atoms with van der Waals surface area (Å²) in [6.07, 6.45) is 2.63. The fourth-order valence-electron chi connectivity index (χ4n) is 2.29. The first kappa shape index (κ1) is 13.7. The lowest BCUT2D eigenvalue weighted by Gasteiger charge is -2.06. The van der Waals surface area contributed by atoms with Crippen LogP contribution in [0.5, 0.6) is 0 Å². The highest BCUT2D eigenvalue weighted by molar-refractivity contribution is 7.16. The Balaban J connectivity index is 1.76. The zero-order valence-corrected chi connectivity index (χ0v) is 12.7. The smallest absolute Gasteiger partial charge is 0.308 e. The van der Waals surface area contributed by atoms with Crippen molar-refractivity contribution in [3.63, 3.8) is 0 Å². The summed E-state index contributed by atoms with van der Waals surface area (Å²) >= 11 is 3.11. The molecule has 0 amide bonds. The Hall–Kier alpha value is -1.24.